The molecular formula is C18H27N3O3S. The van der Waals surface area contributed by atoms with Gasteiger partial charge < -0.3 is 9.80 Å². The summed E-state index contributed by atoms with van der Waals surface area (Å²) in [5.41, 5.74) is 0.613. The molecule has 2 amide bonds. The molecule has 1 aliphatic rings. The second kappa shape index (κ2) is 9.10. The zero-order chi connectivity index (χ0) is 18.4. The lowest BCUT2D eigenvalue weighted by molar-refractivity contribution is -0.132. The molecule has 7 heteroatoms. The van der Waals surface area contributed by atoms with Crippen LogP contribution in [0.5, 0.6) is 0 Å². The molecule has 1 unspecified atom stereocenters. The monoisotopic (exact) mass is 365 g/mol. The van der Waals surface area contributed by atoms with E-state index in [0.717, 1.165) is 18.0 Å². The quantitative estimate of drug-likeness (QED) is 0.756. The molecule has 0 bridgehead atoms. The molecule has 1 saturated heterocycles. The van der Waals surface area contributed by atoms with Gasteiger partial charge in [-0.05, 0) is 38.1 Å². The minimum atomic E-state index is -1.04. The molecule has 0 saturated carbocycles. The van der Waals surface area contributed by atoms with E-state index in [1.807, 2.05) is 23.6 Å². The number of hydrogen-bond acceptors (Lipinski definition) is 4. The third-order valence-corrected chi connectivity index (χ3v) is 5.50. The van der Waals surface area contributed by atoms with Gasteiger partial charge in [-0.25, -0.2) is 0 Å². The molecule has 25 heavy (non-hydrogen) atoms. The maximum absolute atomic E-state index is 12.6. The standard InChI is InChI=1S/C18H27N3O3S/c1-4-20(5-2)17(22)14-19-10-12-21(13-11-19)18(23)15-6-8-16(9-7-15)25(3)24/h6-9H,4-5,10-14H2,1-3H3. The highest BCUT2D eigenvalue weighted by molar-refractivity contribution is 7.84. The van der Waals surface area contributed by atoms with Crippen molar-refractivity contribution in [2.75, 3.05) is 52.1 Å². The van der Waals surface area contributed by atoms with Gasteiger partial charge in [0, 0.05) is 66.8 Å². The number of carbonyl (C=O) groups is 2. The topological polar surface area (TPSA) is 60.9 Å². The van der Waals surface area contributed by atoms with Gasteiger partial charge in [-0.3, -0.25) is 18.7 Å². The van der Waals surface area contributed by atoms with Gasteiger partial charge in [0.15, 0.2) is 0 Å². The zero-order valence-corrected chi connectivity index (χ0v) is 16.1. The van der Waals surface area contributed by atoms with Crippen molar-refractivity contribution >= 4 is 22.6 Å². The highest BCUT2D eigenvalue weighted by Crippen LogP contribution is 2.12. The van der Waals surface area contributed by atoms with E-state index in [9.17, 15) is 13.8 Å². The molecule has 0 aromatic heterocycles. The average Bonchev–Trinajstić information content (AvgIpc) is 2.63. The predicted octanol–water partition coefficient (Wildman–Crippen LogP) is 1.05. The SMILES string of the molecule is CCN(CC)C(=O)CN1CCN(C(=O)c2ccc(S(C)=O)cc2)CC1. The van der Waals surface area contributed by atoms with Gasteiger partial charge in [0.25, 0.3) is 5.91 Å². The summed E-state index contributed by atoms with van der Waals surface area (Å²) in [6.45, 7) is 8.48. The average molecular weight is 365 g/mol. The molecular weight excluding hydrogens is 338 g/mol. The Kier molecular flexibility index (Phi) is 7.13. The molecule has 1 heterocycles. The third kappa shape index (κ3) is 5.12. The number of rotatable bonds is 6. The van der Waals surface area contributed by atoms with E-state index in [-0.39, 0.29) is 11.8 Å². The van der Waals surface area contributed by atoms with Gasteiger partial charge in [0.05, 0.1) is 6.54 Å². The number of piperazine rings is 1. The lowest BCUT2D eigenvalue weighted by atomic mass is 10.2. The van der Waals surface area contributed by atoms with Crippen molar-refractivity contribution in [2.45, 2.75) is 18.7 Å². The van der Waals surface area contributed by atoms with E-state index in [1.54, 1.807) is 30.5 Å². The smallest absolute Gasteiger partial charge is 0.253 e. The highest BCUT2D eigenvalue weighted by Gasteiger charge is 2.24. The zero-order valence-electron chi connectivity index (χ0n) is 15.2. The van der Waals surface area contributed by atoms with Gasteiger partial charge in [0.2, 0.25) is 5.91 Å². The Bertz CT molecular complexity index is 621. The van der Waals surface area contributed by atoms with Crippen LogP contribution in [0.15, 0.2) is 29.2 Å². The maximum Gasteiger partial charge on any atom is 0.253 e. The van der Waals surface area contributed by atoms with Crippen molar-refractivity contribution in [1.82, 2.24) is 14.7 Å². The number of benzene rings is 1. The molecule has 1 aromatic rings. The molecule has 0 spiro atoms. The van der Waals surface area contributed by atoms with E-state index < -0.39 is 10.8 Å². The van der Waals surface area contributed by atoms with Crippen molar-refractivity contribution in [1.29, 1.82) is 0 Å². The Balaban J connectivity index is 1.87. The van der Waals surface area contributed by atoms with E-state index in [0.29, 0.717) is 38.3 Å². The molecule has 1 aromatic carbocycles. The fourth-order valence-electron chi connectivity index (χ4n) is 2.95. The van der Waals surface area contributed by atoms with Crippen LogP contribution < -0.4 is 0 Å². The van der Waals surface area contributed by atoms with Crippen LogP contribution in [0, 0.1) is 0 Å². The first-order valence-electron chi connectivity index (χ1n) is 8.69. The van der Waals surface area contributed by atoms with Crippen LogP contribution in [0.3, 0.4) is 0 Å². The number of amides is 2. The number of carbonyl (C=O) groups excluding carboxylic acids is 2. The first-order valence-corrected chi connectivity index (χ1v) is 10.2. The van der Waals surface area contributed by atoms with Gasteiger partial charge in [-0.1, -0.05) is 0 Å². The van der Waals surface area contributed by atoms with E-state index in [4.69, 9.17) is 0 Å². The van der Waals surface area contributed by atoms with Crippen molar-refractivity contribution in [3.05, 3.63) is 29.8 Å². The summed E-state index contributed by atoms with van der Waals surface area (Å²) < 4.78 is 11.4. The van der Waals surface area contributed by atoms with Gasteiger partial charge in [-0.15, -0.1) is 0 Å². The number of nitrogens with zero attached hydrogens (tertiary/aromatic N) is 3. The van der Waals surface area contributed by atoms with Crippen LogP contribution in [-0.4, -0.2) is 82.8 Å². The Morgan fingerprint density at radius 1 is 1.04 bits per heavy atom. The fourth-order valence-corrected chi connectivity index (χ4v) is 3.47. The molecule has 0 aliphatic carbocycles. The van der Waals surface area contributed by atoms with Crippen LogP contribution >= 0.6 is 0 Å². The van der Waals surface area contributed by atoms with Crippen molar-refractivity contribution < 1.29 is 13.8 Å². The van der Waals surface area contributed by atoms with Crippen LogP contribution in [0.1, 0.15) is 24.2 Å². The van der Waals surface area contributed by atoms with Crippen molar-refractivity contribution in [3.8, 4) is 0 Å². The fraction of sp³-hybridized carbons (Fsp3) is 0.556. The highest BCUT2D eigenvalue weighted by atomic mass is 32.2. The molecule has 1 atom stereocenters. The summed E-state index contributed by atoms with van der Waals surface area (Å²) in [7, 11) is -1.04. The predicted molar refractivity (Wildman–Crippen MR) is 99.0 cm³/mol. The van der Waals surface area contributed by atoms with Crippen LogP contribution in [0.4, 0.5) is 0 Å². The maximum atomic E-state index is 12.6. The number of likely N-dealkylation sites (N-methyl/N-ethyl adjacent to an activating group) is 1. The molecule has 6 nitrogen and oxygen atoms in total. The first kappa shape index (κ1) is 19.6. The minimum Gasteiger partial charge on any atom is -0.342 e. The van der Waals surface area contributed by atoms with E-state index in [1.165, 1.54) is 0 Å². The third-order valence-electron chi connectivity index (χ3n) is 4.57. The van der Waals surface area contributed by atoms with Crippen molar-refractivity contribution in [3.63, 3.8) is 0 Å². The Hall–Kier alpha value is -1.73. The summed E-state index contributed by atoms with van der Waals surface area (Å²) in [5, 5.41) is 0. The van der Waals surface area contributed by atoms with Gasteiger partial charge >= 0.3 is 0 Å². The van der Waals surface area contributed by atoms with Crippen LogP contribution in [0.25, 0.3) is 0 Å². The summed E-state index contributed by atoms with van der Waals surface area (Å²) in [5.74, 6) is 0.135. The molecule has 0 radical (unpaired) electrons. The minimum absolute atomic E-state index is 0.0110. The van der Waals surface area contributed by atoms with Crippen LogP contribution in [-0.2, 0) is 15.6 Å². The number of hydrogen-bond donors (Lipinski definition) is 0. The molecule has 1 fully saturated rings. The van der Waals surface area contributed by atoms with Gasteiger partial charge in [-0.2, -0.15) is 0 Å². The lowest BCUT2D eigenvalue weighted by Gasteiger charge is -2.35. The Morgan fingerprint density at radius 3 is 2.08 bits per heavy atom. The van der Waals surface area contributed by atoms with E-state index >= 15 is 0 Å². The largest absolute Gasteiger partial charge is 0.342 e. The van der Waals surface area contributed by atoms with Crippen molar-refractivity contribution in [2.24, 2.45) is 0 Å². The summed E-state index contributed by atoms with van der Waals surface area (Å²) in [6, 6.07) is 6.94. The van der Waals surface area contributed by atoms with Gasteiger partial charge in [0.1, 0.15) is 0 Å². The second-order valence-electron chi connectivity index (χ2n) is 6.11. The molecule has 2 rings (SSSR count). The Labute approximate surface area is 152 Å². The lowest BCUT2D eigenvalue weighted by Crippen LogP contribution is -2.51. The summed E-state index contributed by atoms with van der Waals surface area (Å²) >= 11 is 0. The van der Waals surface area contributed by atoms with E-state index in [2.05, 4.69) is 4.90 Å². The van der Waals surface area contributed by atoms with Crippen LogP contribution in [0.2, 0.25) is 0 Å². The Morgan fingerprint density at radius 2 is 1.60 bits per heavy atom. The first-order chi connectivity index (χ1) is 12.0. The molecule has 1 aliphatic heterocycles. The molecule has 138 valence electrons. The normalized spacial score (nSPS) is 16.5. The summed E-state index contributed by atoms with van der Waals surface area (Å²) in [4.78, 5) is 31.2. The summed E-state index contributed by atoms with van der Waals surface area (Å²) in [6.07, 6.45) is 1.62. The molecule has 0 N–H and O–H groups in total. The second-order valence-corrected chi connectivity index (χ2v) is 7.49.